The largest absolute Gasteiger partial charge is 0.508 e. The van der Waals surface area contributed by atoms with Gasteiger partial charge < -0.3 is 21.9 Å². The number of nitrogens with two attached hydrogens (primary N) is 2. The zero-order chi connectivity index (χ0) is 13.0. The van der Waals surface area contributed by atoms with Crippen molar-refractivity contribution in [1.82, 2.24) is 4.98 Å². The van der Waals surface area contributed by atoms with E-state index in [0.29, 0.717) is 17.3 Å². The Labute approximate surface area is 105 Å². The number of pyridine rings is 1. The molecule has 0 saturated carbocycles. The van der Waals surface area contributed by atoms with Crippen LogP contribution in [0.25, 0.3) is 0 Å². The van der Waals surface area contributed by atoms with Gasteiger partial charge in [0.05, 0.1) is 5.69 Å². The van der Waals surface area contributed by atoms with Gasteiger partial charge in [-0.15, -0.1) is 0 Å². The monoisotopic (exact) mass is 244 g/mol. The van der Waals surface area contributed by atoms with E-state index in [9.17, 15) is 0 Å². The molecule has 0 saturated heterocycles. The number of nitrogen functional groups attached to an aromatic ring is 2. The van der Waals surface area contributed by atoms with E-state index in [1.54, 1.807) is 24.3 Å². The minimum Gasteiger partial charge on any atom is -0.508 e. The second-order valence-corrected chi connectivity index (χ2v) is 4.01. The first-order chi connectivity index (χ1) is 8.65. The summed E-state index contributed by atoms with van der Waals surface area (Å²) in [5, 5.41) is 12.3. The maximum absolute atomic E-state index is 9.17. The van der Waals surface area contributed by atoms with Gasteiger partial charge >= 0.3 is 0 Å². The summed E-state index contributed by atoms with van der Waals surface area (Å²) in [7, 11) is 0. The smallest absolute Gasteiger partial charge is 0.149 e. The van der Waals surface area contributed by atoms with Crippen LogP contribution in [-0.2, 0) is 6.42 Å². The Bertz CT molecular complexity index is 525. The fraction of sp³-hybridized carbons (Fsp3) is 0.154. The molecule has 0 bridgehead atoms. The SMILES string of the molecule is Nc1ccc(NCCc2ccc(O)cc2)nc1N. The zero-order valence-corrected chi connectivity index (χ0v) is 9.93. The van der Waals surface area contributed by atoms with Crippen molar-refractivity contribution in [2.24, 2.45) is 0 Å². The van der Waals surface area contributed by atoms with Crippen LogP contribution in [-0.4, -0.2) is 16.6 Å². The van der Waals surface area contributed by atoms with Crippen LogP contribution in [0.4, 0.5) is 17.3 Å². The van der Waals surface area contributed by atoms with Crippen molar-refractivity contribution in [2.75, 3.05) is 23.3 Å². The highest BCUT2D eigenvalue weighted by molar-refractivity contribution is 5.61. The number of hydrogen-bond acceptors (Lipinski definition) is 5. The number of nitrogens with zero attached hydrogens (tertiary/aromatic N) is 1. The minimum atomic E-state index is 0.277. The van der Waals surface area contributed by atoms with Crippen LogP contribution < -0.4 is 16.8 Å². The Morgan fingerprint density at radius 3 is 2.44 bits per heavy atom. The summed E-state index contributed by atoms with van der Waals surface area (Å²) in [6.07, 6.45) is 0.840. The standard InChI is InChI=1S/C13H16N4O/c14-11-5-6-12(17-13(11)15)16-8-7-9-1-3-10(18)4-2-9/h1-6,18H,7-8,14H2,(H3,15,16,17). The first-order valence-electron chi connectivity index (χ1n) is 5.69. The molecule has 1 aromatic heterocycles. The molecule has 0 unspecified atom stereocenters. The van der Waals surface area contributed by atoms with Crippen molar-refractivity contribution >= 4 is 17.3 Å². The number of nitrogens with one attached hydrogen (secondary N) is 1. The van der Waals surface area contributed by atoms with Crippen molar-refractivity contribution in [1.29, 1.82) is 0 Å². The Kier molecular flexibility index (Phi) is 3.52. The Hall–Kier alpha value is -2.43. The van der Waals surface area contributed by atoms with Crippen molar-refractivity contribution in [3.63, 3.8) is 0 Å². The van der Waals surface area contributed by atoms with Crippen LogP contribution in [0.1, 0.15) is 5.56 Å². The van der Waals surface area contributed by atoms with Gasteiger partial charge in [0.15, 0.2) is 0 Å². The maximum atomic E-state index is 9.17. The molecule has 1 aromatic carbocycles. The molecule has 0 radical (unpaired) electrons. The number of rotatable bonds is 4. The van der Waals surface area contributed by atoms with Crippen molar-refractivity contribution in [2.45, 2.75) is 6.42 Å². The quantitative estimate of drug-likeness (QED) is 0.655. The highest BCUT2D eigenvalue weighted by Gasteiger charge is 1.99. The fourth-order valence-corrected chi connectivity index (χ4v) is 1.58. The van der Waals surface area contributed by atoms with Gasteiger partial charge in [-0.2, -0.15) is 0 Å². The summed E-state index contributed by atoms with van der Waals surface area (Å²) in [6.45, 7) is 0.737. The average Bonchev–Trinajstić information content (AvgIpc) is 2.36. The number of benzene rings is 1. The molecule has 0 aliphatic rings. The lowest BCUT2D eigenvalue weighted by molar-refractivity contribution is 0.475. The third kappa shape index (κ3) is 3.04. The Morgan fingerprint density at radius 1 is 1.06 bits per heavy atom. The third-order valence-corrected chi connectivity index (χ3v) is 2.61. The summed E-state index contributed by atoms with van der Waals surface area (Å²) >= 11 is 0. The molecule has 18 heavy (non-hydrogen) atoms. The summed E-state index contributed by atoms with van der Waals surface area (Å²) in [5.74, 6) is 1.32. The number of aromatic hydroxyl groups is 1. The summed E-state index contributed by atoms with van der Waals surface area (Å²) in [4.78, 5) is 4.12. The summed E-state index contributed by atoms with van der Waals surface area (Å²) < 4.78 is 0. The molecule has 1 heterocycles. The summed E-state index contributed by atoms with van der Waals surface area (Å²) in [5.41, 5.74) is 12.8. The number of phenols is 1. The second kappa shape index (κ2) is 5.27. The van der Waals surface area contributed by atoms with Crippen LogP contribution in [0.2, 0.25) is 0 Å². The highest BCUT2D eigenvalue weighted by Crippen LogP contribution is 2.15. The molecule has 0 spiro atoms. The second-order valence-electron chi connectivity index (χ2n) is 4.01. The average molecular weight is 244 g/mol. The molecular weight excluding hydrogens is 228 g/mol. The molecule has 2 aromatic rings. The van der Waals surface area contributed by atoms with E-state index in [4.69, 9.17) is 16.6 Å². The molecule has 0 aliphatic carbocycles. The zero-order valence-electron chi connectivity index (χ0n) is 9.93. The van der Waals surface area contributed by atoms with Gasteiger partial charge in [0.1, 0.15) is 17.4 Å². The van der Waals surface area contributed by atoms with Gasteiger partial charge in [-0.3, -0.25) is 0 Å². The number of phenolic OH excluding ortho intramolecular Hbond substituents is 1. The molecule has 6 N–H and O–H groups in total. The predicted octanol–water partition coefficient (Wildman–Crippen LogP) is 1.61. The molecule has 2 rings (SSSR count). The van der Waals surface area contributed by atoms with Gasteiger partial charge in [0, 0.05) is 6.54 Å². The molecular formula is C13H16N4O. The van der Waals surface area contributed by atoms with Gasteiger partial charge in [-0.1, -0.05) is 12.1 Å². The first kappa shape index (κ1) is 12.0. The third-order valence-electron chi connectivity index (χ3n) is 2.61. The van der Waals surface area contributed by atoms with Gasteiger partial charge in [0.25, 0.3) is 0 Å². The lowest BCUT2D eigenvalue weighted by Crippen LogP contribution is -2.08. The molecule has 94 valence electrons. The van der Waals surface area contributed by atoms with Gasteiger partial charge in [-0.25, -0.2) is 4.98 Å². The molecule has 5 nitrogen and oxygen atoms in total. The topological polar surface area (TPSA) is 97.2 Å². The van der Waals surface area contributed by atoms with Gasteiger partial charge in [-0.05, 0) is 36.2 Å². The maximum Gasteiger partial charge on any atom is 0.149 e. The number of hydrogen-bond donors (Lipinski definition) is 4. The van der Waals surface area contributed by atoms with E-state index in [1.165, 1.54) is 0 Å². The van der Waals surface area contributed by atoms with E-state index in [2.05, 4.69) is 10.3 Å². The first-order valence-corrected chi connectivity index (χ1v) is 5.69. The van der Waals surface area contributed by atoms with E-state index < -0.39 is 0 Å². The van der Waals surface area contributed by atoms with E-state index in [0.717, 1.165) is 18.5 Å². The van der Waals surface area contributed by atoms with Crippen LogP contribution in [0.3, 0.4) is 0 Å². The van der Waals surface area contributed by atoms with E-state index in [-0.39, 0.29) is 5.75 Å². The van der Waals surface area contributed by atoms with Crippen molar-refractivity contribution in [3.8, 4) is 5.75 Å². The molecule has 0 aliphatic heterocycles. The fourth-order valence-electron chi connectivity index (χ4n) is 1.58. The molecule has 0 fully saturated rings. The van der Waals surface area contributed by atoms with E-state index >= 15 is 0 Å². The lowest BCUT2D eigenvalue weighted by Gasteiger charge is -2.07. The lowest BCUT2D eigenvalue weighted by atomic mass is 10.1. The van der Waals surface area contributed by atoms with Crippen molar-refractivity contribution < 1.29 is 5.11 Å². The molecule has 0 atom stereocenters. The van der Waals surface area contributed by atoms with Crippen LogP contribution in [0, 0.1) is 0 Å². The Balaban J connectivity index is 1.88. The number of anilines is 3. The molecule has 5 heteroatoms. The molecule has 0 amide bonds. The summed E-state index contributed by atoms with van der Waals surface area (Å²) in [6, 6.07) is 10.7. The Morgan fingerprint density at radius 2 is 1.78 bits per heavy atom. The predicted molar refractivity (Wildman–Crippen MR) is 73.4 cm³/mol. The normalized spacial score (nSPS) is 10.2. The van der Waals surface area contributed by atoms with Crippen LogP contribution >= 0.6 is 0 Å². The van der Waals surface area contributed by atoms with E-state index in [1.807, 2.05) is 12.1 Å². The van der Waals surface area contributed by atoms with Gasteiger partial charge in [0.2, 0.25) is 0 Å². The highest BCUT2D eigenvalue weighted by atomic mass is 16.3. The minimum absolute atomic E-state index is 0.277. The van der Waals surface area contributed by atoms with Crippen LogP contribution in [0.15, 0.2) is 36.4 Å². The van der Waals surface area contributed by atoms with Crippen molar-refractivity contribution in [3.05, 3.63) is 42.0 Å². The number of aromatic nitrogens is 1. The van der Waals surface area contributed by atoms with Crippen LogP contribution in [0.5, 0.6) is 5.75 Å².